The summed E-state index contributed by atoms with van der Waals surface area (Å²) in [6, 6.07) is 11.1. The van der Waals surface area contributed by atoms with E-state index in [-0.39, 0.29) is 5.76 Å². The molecule has 96 valence electrons. The highest BCUT2D eigenvalue weighted by atomic mass is 79.9. The van der Waals surface area contributed by atoms with Crippen molar-refractivity contribution in [3.05, 3.63) is 58.6 Å². The largest absolute Gasteiger partial charge is 0.475 e. The van der Waals surface area contributed by atoms with Gasteiger partial charge in [-0.3, -0.25) is 0 Å². The number of rotatable bonds is 3. The Bertz CT molecular complexity index is 757. The normalized spacial score (nSPS) is 11.0. The summed E-state index contributed by atoms with van der Waals surface area (Å²) in [4.78, 5) is 10.8. The van der Waals surface area contributed by atoms with Gasteiger partial charge >= 0.3 is 5.97 Å². The lowest BCUT2D eigenvalue weighted by Gasteiger charge is -2.02. The van der Waals surface area contributed by atoms with Gasteiger partial charge in [-0.1, -0.05) is 18.2 Å². The molecule has 2 aromatic heterocycles. The second kappa shape index (κ2) is 4.59. The molecule has 3 aromatic rings. The lowest BCUT2D eigenvalue weighted by molar-refractivity contribution is 0.0660. The predicted octanol–water partition coefficient (Wildman–Crippen LogP) is 3.74. The van der Waals surface area contributed by atoms with Crippen molar-refractivity contribution in [2.75, 3.05) is 0 Å². The molecule has 0 fully saturated rings. The number of furan rings is 1. The zero-order valence-electron chi connectivity index (χ0n) is 9.84. The van der Waals surface area contributed by atoms with Crippen LogP contribution in [0, 0.1) is 0 Å². The molecule has 2 heterocycles. The van der Waals surface area contributed by atoms with Crippen molar-refractivity contribution in [3.8, 4) is 0 Å². The number of hydrogen-bond acceptors (Lipinski definition) is 2. The Balaban J connectivity index is 1.98. The van der Waals surface area contributed by atoms with Crippen molar-refractivity contribution in [1.29, 1.82) is 0 Å². The van der Waals surface area contributed by atoms with Gasteiger partial charge in [-0.05, 0) is 34.1 Å². The van der Waals surface area contributed by atoms with Crippen molar-refractivity contribution in [1.82, 2.24) is 4.57 Å². The Hall–Kier alpha value is -2.01. The Morgan fingerprint density at radius 3 is 2.79 bits per heavy atom. The molecule has 0 amide bonds. The second-order valence-electron chi connectivity index (χ2n) is 4.19. The summed E-state index contributed by atoms with van der Waals surface area (Å²) in [5.74, 6) is -0.471. The minimum Gasteiger partial charge on any atom is -0.475 e. The maximum atomic E-state index is 10.8. The van der Waals surface area contributed by atoms with Gasteiger partial charge in [0.2, 0.25) is 5.76 Å². The molecule has 5 heteroatoms. The van der Waals surface area contributed by atoms with E-state index in [4.69, 9.17) is 9.52 Å². The van der Waals surface area contributed by atoms with Crippen LogP contribution in [0.2, 0.25) is 0 Å². The summed E-state index contributed by atoms with van der Waals surface area (Å²) in [7, 11) is 0. The molecule has 0 atom stereocenters. The lowest BCUT2D eigenvalue weighted by atomic mass is 10.2. The summed E-state index contributed by atoms with van der Waals surface area (Å²) in [5, 5.41) is 9.95. The first-order valence-electron chi connectivity index (χ1n) is 5.70. The van der Waals surface area contributed by atoms with E-state index < -0.39 is 5.97 Å². The monoisotopic (exact) mass is 319 g/mol. The fourth-order valence-electron chi connectivity index (χ4n) is 2.08. The van der Waals surface area contributed by atoms with Crippen LogP contribution in [0.4, 0.5) is 0 Å². The molecular formula is C14H10BrNO3. The number of fused-ring (bicyclic) bond motifs is 1. The number of benzene rings is 1. The van der Waals surface area contributed by atoms with E-state index in [1.54, 1.807) is 6.07 Å². The molecular weight excluding hydrogens is 310 g/mol. The number of aromatic nitrogens is 1. The van der Waals surface area contributed by atoms with Gasteiger partial charge in [-0.2, -0.15) is 0 Å². The van der Waals surface area contributed by atoms with Crippen LogP contribution in [0.1, 0.15) is 16.3 Å². The van der Waals surface area contributed by atoms with E-state index in [1.165, 1.54) is 6.07 Å². The van der Waals surface area contributed by atoms with E-state index in [2.05, 4.69) is 15.9 Å². The van der Waals surface area contributed by atoms with Crippen LogP contribution in [-0.2, 0) is 6.54 Å². The van der Waals surface area contributed by atoms with Gasteiger partial charge in [0.05, 0.1) is 6.54 Å². The summed E-state index contributed by atoms with van der Waals surface area (Å²) in [6.07, 6.45) is 1.97. The lowest BCUT2D eigenvalue weighted by Crippen LogP contribution is -1.97. The maximum absolute atomic E-state index is 10.8. The zero-order valence-corrected chi connectivity index (χ0v) is 11.4. The molecule has 0 aliphatic rings. The smallest absolute Gasteiger partial charge is 0.371 e. The first kappa shape index (κ1) is 12.0. The Kier molecular flexibility index (Phi) is 2.91. The SMILES string of the molecule is O=C(O)c1ccc(Cn2cc(Br)c3ccccc32)o1. The molecule has 0 saturated carbocycles. The van der Waals surface area contributed by atoms with Crippen LogP contribution in [0.5, 0.6) is 0 Å². The van der Waals surface area contributed by atoms with Crippen molar-refractivity contribution in [2.45, 2.75) is 6.54 Å². The van der Waals surface area contributed by atoms with Crippen LogP contribution in [-0.4, -0.2) is 15.6 Å². The number of carboxylic acid groups (broad SMARTS) is 1. The fourth-order valence-corrected chi connectivity index (χ4v) is 2.66. The highest BCUT2D eigenvalue weighted by molar-refractivity contribution is 9.10. The zero-order chi connectivity index (χ0) is 13.4. The molecule has 3 rings (SSSR count). The summed E-state index contributed by atoms with van der Waals surface area (Å²) >= 11 is 3.51. The van der Waals surface area contributed by atoms with Crippen molar-refractivity contribution in [2.24, 2.45) is 0 Å². The minimum absolute atomic E-state index is 0.0365. The average Bonchev–Trinajstić information content (AvgIpc) is 2.97. The molecule has 0 aliphatic carbocycles. The van der Waals surface area contributed by atoms with E-state index in [0.717, 1.165) is 15.4 Å². The molecule has 4 nitrogen and oxygen atoms in total. The van der Waals surface area contributed by atoms with Gasteiger partial charge in [-0.15, -0.1) is 0 Å². The number of para-hydroxylation sites is 1. The molecule has 0 aliphatic heterocycles. The number of hydrogen-bond donors (Lipinski definition) is 1. The summed E-state index contributed by atoms with van der Waals surface area (Å²) in [6.45, 7) is 0.499. The van der Waals surface area contributed by atoms with Gasteiger partial charge in [0.15, 0.2) is 0 Å². The van der Waals surface area contributed by atoms with E-state index >= 15 is 0 Å². The Labute approximate surface area is 117 Å². The molecule has 0 unspecified atom stereocenters. The summed E-state index contributed by atoms with van der Waals surface area (Å²) < 4.78 is 8.30. The van der Waals surface area contributed by atoms with Gasteiger partial charge in [0.25, 0.3) is 0 Å². The number of aromatic carboxylic acids is 1. The van der Waals surface area contributed by atoms with E-state index in [1.807, 2.05) is 35.0 Å². The third-order valence-corrected chi connectivity index (χ3v) is 3.57. The third-order valence-electron chi connectivity index (χ3n) is 2.94. The third kappa shape index (κ3) is 2.17. The topological polar surface area (TPSA) is 55.4 Å². The average molecular weight is 320 g/mol. The molecule has 0 saturated heterocycles. The quantitative estimate of drug-likeness (QED) is 0.800. The van der Waals surface area contributed by atoms with E-state index in [0.29, 0.717) is 12.3 Å². The number of nitrogens with zero attached hydrogens (tertiary/aromatic N) is 1. The first-order valence-corrected chi connectivity index (χ1v) is 6.50. The molecule has 0 bridgehead atoms. The molecule has 0 radical (unpaired) electrons. The van der Waals surface area contributed by atoms with Crippen molar-refractivity contribution in [3.63, 3.8) is 0 Å². The molecule has 1 aromatic carbocycles. The Morgan fingerprint density at radius 1 is 1.26 bits per heavy atom. The minimum atomic E-state index is -1.05. The second-order valence-corrected chi connectivity index (χ2v) is 5.05. The van der Waals surface area contributed by atoms with Crippen LogP contribution in [0.3, 0.4) is 0 Å². The number of halogens is 1. The predicted molar refractivity (Wildman–Crippen MR) is 74.4 cm³/mol. The van der Waals surface area contributed by atoms with Crippen LogP contribution >= 0.6 is 15.9 Å². The fraction of sp³-hybridized carbons (Fsp3) is 0.0714. The van der Waals surface area contributed by atoms with Crippen LogP contribution < -0.4 is 0 Å². The van der Waals surface area contributed by atoms with Gasteiger partial charge in [0, 0.05) is 21.6 Å². The van der Waals surface area contributed by atoms with Gasteiger partial charge < -0.3 is 14.1 Å². The van der Waals surface area contributed by atoms with Crippen LogP contribution in [0.25, 0.3) is 10.9 Å². The van der Waals surface area contributed by atoms with Gasteiger partial charge in [0.1, 0.15) is 5.76 Å². The van der Waals surface area contributed by atoms with Crippen molar-refractivity contribution < 1.29 is 14.3 Å². The highest BCUT2D eigenvalue weighted by Gasteiger charge is 2.11. The molecule has 19 heavy (non-hydrogen) atoms. The summed E-state index contributed by atoms with van der Waals surface area (Å²) in [5.41, 5.74) is 1.07. The molecule has 1 N–H and O–H groups in total. The number of carbonyl (C=O) groups is 1. The highest BCUT2D eigenvalue weighted by Crippen LogP contribution is 2.26. The standard InChI is InChI=1S/C14H10BrNO3/c15-11-8-16(12-4-2-1-3-10(11)12)7-9-5-6-13(19-9)14(17)18/h1-6,8H,7H2,(H,17,18). The van der Waals surface area contributed by atoms with Crippen molar-refractivity contribution >= 4 is 32.8 Å². The molecule has 0 spiro atoms. The Morgan fingerprint density at radius 2 is 2.05 bits per heavy atom. The first-order chi connectivity index (χ1) is 9.15. The van der Waals surface area contributed by atoms with E-state index in [9.17, 15) is 4.79 Å². The maximum Gasteiger partial charge on any atom is 0.371 e. The van der Waals surface area contributed by atoms with Gasteiger partial charge in [-0.25, -0.2) is 4.79 Å². The number of carboxylic acids is 1. The van der Waals surface area contributed by atoms with Crippen LogP contribution in [0.15, 0.2) is 51.5 Å².